The van der Waals surface area contributed by atoms with Crippen LogP contribution >= 0.6 is 0 Å². The number of fused-ring (bicyclic) bond motifs is 1. The number of anilines is 1. The average molecular weight is 290 g/mol. The zero-order valence-corrected chi connectivity index (χ0v) is 13.1. The third kappa shape index (κ3) is 2.65. The van der Waals surface area contributed by atoms with Gasteiger partial charge in [0.25, 0.3) is 5.91 Å². The molecule has 0 saturated carbocycles. The van der Waals surface area contributed by atoms with Gasteiger partial charge < -0.3 is 15.4 Å². The first-order chi connectivity index (χ1) is 9.65. The Morgan fingerprint density at radius 1 is 1.29 bits per heavy atom. The molecule has 1 aliphatic heterocycles. The summed E-state index contributed by atoms with van der Waals surface area (Å²) in [4.78, 5) is 26.3. The Kier molecular flexibility index (Phi) is 3.80. The molecule has 0 saturated heterocycles. The van der Waals surface area contributed by atoms with Crippen LogP contribution in [0.5, 0.6) is 5.75 Å². The summed E-state index contributed by atoms with van der Waals surface area (Å²) in [6, 6.07) is 4.50. The first-order valence-electron chi connectivity index (χ1n) is 7.11. The van der Waals surface area contributed by atoms with Gasteiger partial charge in [0.05, 0.1) is 11.7 Å². The molecule has 0 fully saturated rings. The van der Waals surface area contributed by atoms with Crippen LogP contribution in [0.15, 0.2) is 18.2 Å². The number of carbonyl (C=O) groups is 2. The fourth-order valence-corrected chi connectivity index (χ4v) is 2.44. The Balaban J connectivity index is 2.56. The second-order valence-corrected chi connectivity index (χ2v) is 6.22. The summed E-state index contributed by atoms with van der Waals surface area (Å²) >= 11 is 0. The number of ketones is 1. The molecule has 0 aromatic heterocycles. The second-order valence-electron chi connectivity index (χ2n) is 6.22. The molecule has 1 aromatic rings. The van der Waals surface area contributed by atoms with Crippen molar-refractivity contribution in [3.63, 3.8) is 0 Å². The van der Waals surface area contributed by atoms with Gasteiger partial charge in [0.15, 0.2) is 11.4 Å². The van der Waals surface area contributed by atoms with E-state index < -0.39 is 11.6 Å². The summed E-state index contributed by atoms with van der Waals surface area (Å²) < 4.78 is 5.77. The number of rotatable bonds is 3. The van der Waals surface area contributed by atoms with Crippen molar-refractivity contribution in [1.29, 1.82) is 0 Å². The predicted octanol–water partition coefficient (Wildman–Crippen LogP) is 2.13. The molecule has 5 heteroatoms. The van der Waals surface area contributed by atoms with E-state index in [0.29, 0.717) is 17.0 Å². The highest BCUT2D eigenvalue weighted by atomic mass is 16.5. The highest BCUT2D eigenvalue weighted by molar-refractivity contribution is 6.05. The summed E-state index contributed by atoms with van der Waals surface area (Å²) in [5.74, 6) is 0.337. The molecular weight excluding hydrogens is 268 g/mol. The van der Waals surface area contributed by atoms with Crippen LogP contribution in [-0.2, 0) is 4.79 Å². The van der Waals surface area contributed by atoms with Crippen LogP contribution < -0.4 is 15.4 Å². The average Bonchev–Trinajstić information content (AvgIpc) is 2.38. The molecule has 5 nitrogen and oxygen atoms in total. The number of ether oxygens (including phenoxy) is 1. The maximum atomic E-state index is 12.6. The number of nitrogens with zero attached hydrogens (tertiary/aromatic N) is 1. The number of Topliss-reactive ketones (excluding diaryl/α,β-unsaturated/α-hetero) is 1. The summed E-state index contributed by atoms with van der Waals surface area (Å²) in [6.07, 6.45) is 0. The van der Waals surface area contributed by atoms with Gasteiger partial charge in [-0.1, -0.05) is 0 Å². The van der Waals surface area contributed by atoms with Gasteiger partial charge in [0, 0.05) is 11.6 Å². The van der Waals surface area contributed by atoms with Gasteiger partial charge in [0.1, 0.15) is 5.75 Å². The van der Waals surface area contributed by atoms with Crippen LogP contribution in [0.4, 0.5) is 5.69 Å². The van der Waals surface area contributed by atoms with Crippen LogP contribution in [0.1, 0.15) is 45.0 Å². The monoisotopic (exact) mass is 290 g/mol. The van der Waals surface area contributed by atoms with Crippen molar-refractivity contribution in [3.8, 4) is 5.75 Å². The van der Waals surface area contributed by atoms with Crippen LogP contribution in [0, 0.1) is 0 Å². The Morgan fingerprint density at radius 3 is 2.43 bits per heavy atom. The van der Waals surface area contributed by atoms with E-state index in [1.54, 1.807) is 43.9 Å². The number of benzene rings is 1. The quantitative estimate of drug-likeness (QED) is 0.866. The van der Waals surface area contributed by atoms with Gasteiger partial charge >= 0.3 is 0 Å². The van der Waals surface area contributed by atoms with Gasteiger partial charge in [-0.05, 0) is 52.8 Å². The third-order valence-electron chi connectivity index (χ3n) is 3.53. The molecule has 1 aliphatic rings. The lowest BCUT2D eigenvalue weighted by Gasteiger charge is -2.41. The van der Waals surface area contributed by atoms with Crippen LogP contribution in [0.25, 0.3) is 0 Å². The molecule has 0 aliphatic carbocycles. The van der Waals surface area contributed by atoms with Crippen molar-refractivity contribution < 1.29 is 14.3 Å². The molecule has 0 spiro atoms. The minimum atomic E-state index is -0.913. The minimum absolute atomic E-state index is 0.0277. The van der Waals surface area contributed by atoms with Crippen molar-refractivity contribution >= 4 is 17.4 Å². The lowest BCUT2D eigenvalue weighted by atomic mass is 9.99. The molecule has 1 unspecified atom stereocenters. The van der Waals surface area contributed by atoms with E-state index in [1.807, 2.05) is 13.8 Å². The number of nitrogens with two attached hydrogens (primary N) is 1. The summed E-state index contributed by atoms with van der Waals surface area (Å²) in [5.41, 5.74) is 5.85. The molecule has 0 radical (unpaired) electrons. The number of carbonyl (C=O) groups excluding carboxylic acids is 2. The first kappa shape index (κ1) is 15.5. The number of hydrogen-bond donors (Lipinski definition) is 1. The van der Waals surface area contributed by atoms with Crippen LogP contribution in [-0.4, -0.2) is 29.4 Å². The van der Waals surface area contributed by atoms with Gasteiger partial charge in [0.2, 0.25) is 0 Å². The molecular formula is C16H22N2O3. The van der Waals surface area contributed by atoms with Gasteiger partial charge in [-0.15, -0.1) is 0 Å². The zero-order valence-electron chi connectivity index (χ0n) is 13.1. The Bertz CT molecular complexity index is 591. The van der Waals surface area contributed by atoms with E-state index in [-0.39, 0.29) is 17.7 Å². The largest absolute Gasteiger partial charge is 0.476 e. The van der Waals surface area contributed by atoms with E-state index in [2.05, 4.69) is 0 Å². The van der Waals surface area contributed by atoms with Crippen molar-refractivity contribution in [2.45, 2.75) is 52.3 Å². The van der Waals surface area contributed by atoms with E-state index in [0.717, 1.165) is 0 Å². The van der Waals surface area contributed by atoms with Crippen LogP contribution in [0.3, 0.4) is 0 Å². The first-order valence-corrected chi connectivity index (χ1v) is 7.11. The zero-order chi connectivity index (χ0) is 15.9. The molecule has 0 bridgehead atoms. The van der Waals surface area contributed by atoms with Gasteiger partial charge in [-0.25, -0.2) is 0 Å². The number of amides is 1. The topological polar surface area (TPSA) is 72.6 Å². The van der Waals surface area contributed by atoms with Crippen molar-refractivity contribution in [2.24, 2.45) is 5.73 Å². The highest BCUT2D eigenvalue weighted by Gasteiger charge is 2.42. The molecule has 1 atom stereocenters. The number of hydrogen-bond acceptors (Lipinski definition) is 4. The Morgan fingerprint density at radius 2 is 1.90 bits per heavy atom. The molecule has 1 aromatic carbocycles. The molecule has 2 rings (SSSR count). The fourth-order valence-electron chi connectivity index (χ4n) is 2.44. The van der Waals surface area contributed by atoms with Crippen molar-refractivity contribution in [1.82, 2.24) is 0 Å². The van der Waals surface area contributed by atoms with Gasteiger partial charge in [-0.2, -0.15) is 0 Å². The third-order valence-corrected chi connectivity index (χ3v) is 3.53. The minimum Gasteiger partial charge on any atom is -0.476 e. The van der Waals surface area contributed by atoms with E-state index in [1.165, 1.54) is 0 Å². The molecule has 2 N–H and O–H groups in total. The second kappa shape index (κ2) is 5.15. The van der Waals surface area contributed by atoms with E-state index in [4.69, 9.17) is 10.5 Å². The van der Waals surface area contributed by atoms with Crippen LogP contribution in [0.2, 0.25) is 0 Å². The Hall–Kier alpha value is -1.88. The predicted molar refractivity (Wildman–Crippen MR) is 81.8 cm³/mol. The Labute approximate surface area is 125 Å². The highest BCUT2D eigenvalue weighted by Crippen LogP contribution is 2.39. The van der Waals surface area contributed by atoms with Crippen molar-refractivity contribution in [2.75, 3.05) is 4.90 Å². The normalized spacial score (nSPS) is 18.2. The molecule has 21 heavy (non-hydrogen) atoms. The standard InChI is InChI=1S/C16H22N2O3/c1-9(2)18-12-8-11(14(19)10(3)17)6-7-13(12)21-16(4,5)15(18)20/h6-10H,17H2,1-5H3. The molecule has 1 amide bonds. The lowest BCUT2D eigenvalue weighted by molar-refractivity contribution is -0.133. The van der Waals surface area contributed by atoms with Crippen molar-refractivity contribution in [3.05, 3.63) is 23.8 Å². The van der Waals surface area contributed by atoms with E-state index in [9.17, 15) is 9.59 Å². The lowest BCUT2D eigenvalue weighted by Crippen LogP contribution is -2.54. The maximum absolute atomic E-state index is 12.6. The van der Waals surface area contributed by atoms with E-state index >= 15 is 0 Å². The smallest absolute Gasteiger partial charge is 0.270 e. The SMILES string of the molecule is CC(N)C(=O)c1ccc2c(c1)N(C(C)C)C(=O)C(C)(C)O2. The molecule has 1 heterocycles. The summed E-state index contributed by atoms with van der Waals surface area (Å²) in [6.45, 7) is 9.00. The fraction of sp³-hybridized carbons (Fsp3) is 0.500. The summed E-state index contributed by atoms with van der Waals surface area (Å²) in [7, 11) is 0. The molecule has 114 valence electrons. The summed E-state index contributed by atoms with van der Waals surface area (Å²) in [5, 5.41) is 0. The maximum Gasteiger partial charge on any atom is 0.270 e. The van der Waals surface area contributed by atoms with Gasteiger partial charge in [-0.3, -0.25) is 9.59 Å².